The third-order valence-corrected chi connectivity index (χ3v) is 6.47. The van der Waals surface area contributed by atoms with Gasteiger partial charge in [-0.1, -0.05) is 18.7 Å². The van der Waals surface area contributed by atoms with Crippen molar-refractivity contribution in [2.24, 2.45) is 7.05 Å². The molecule has 0 spiro atoms. The second kappa shape index (κ2) is 9.86. The van der Waals surface area contributed by atoms with Gasteiger partial charge >= 0.3 is 5.97 Å². The predicted molar refractivity (Wildman–Crippen MR) is 118 cm³/mol. The molecule has 158 valence electrons. The standard InChI is InChI=1S/C20H23N5O3S2/c1-5-14-12(3)30-18(16(14)19(27)28-6-2)22-15(26)11-29-20-24-23-17(25(20)4)13-8-7-9-21-10-13/h7-10H,5-6,11H2,1-4H3,(H,22,26). The lowest BCUT2D eigenvalue weighted by Crippen LogP contribution is -2.17. The molecule has 3 aromatic heterocycles. The summed E-state index contributed by atoms with van der Waals surface area (Å²) in [4.78, 5) is 30.1. The summed E-state index contributed by atoms with van der Waals surface area (Å²) in [5, 5.41) is 12.4. The molecule has 0 fully saturated rings. The van der Waals surface area contributed by atoms with E-state index < -0.39 is 5.97 Å². The number of ether oxygens (including phenoxy) is 1. The highest BCUT2D eigenvalue weighted by molar-refractivity contribution is 7.99. The third kappa shape index (κ3) is 4.71. The third-order valence-electron chi connectivity index (χ3n) is 4.38. The summed E-state index contributed by atoms with van der Waals surface area (Å²) in [5.74, 6) is 0.188. The minimum Gasteiger partial charge on any atom is -0.462 e. The van der Waals surface area contributed by atoms with Gasteiger partial charge in [-0.05, 0) is 38.0 Å². The van der Waals surface area contributed by atoms with E-state index >= 15 is 0 Å². The maximum Gasteiger partial charge on any atom is 0.341 e. The first-order valence-electron chi connectivity index (χ1n) is 9.48. The maximum absolute atomic E-state index is 12.6. The zero-order valence-corrected chi connectivity index (χ0v) is 18.9. The summed E-state index contributed by atoms with van der Waals surface area (Å²) >= 11 is 2.67. The average Bonchev–Trinajstić information content (AvgIpc) is 3.26. The van der Waals surface area contributed by atoms with E-state index in [1.54, 1.807) is 19.3 Å². The lowest BCUT2D eigenvalue weighted by Gasteiger charge is -2.08. The van der Waals surface area contributed by atoms with E-state index in [1.807, 2.05) is 37.6 Å². The second-order valence-electron chi connectivity index (χ2n) is 6.36. The minimum atomic E-state index is -0.406. The van der Waals surface area contributed by atoms with Crippen LogP contribution in [0, 0.1) is 6.92 Å². The van der Waals surface area contributed by atoms with Gasteiger partial charge in [0, 0.05) is 29.9 Å². The first kappa shape index (κ1) is 22.0. The highest BCUT2D eigenvalue weighted by Crippen LogP contribution is 2.34. The van der Waals surface area contributed by atoms with Gasteiger partial charge in [0.05, 0.1) is 17.9 Å². The first-order valence-corrected chi connectivity index (χ1v) is 11.3. The van der Waals surface area contributed by atoms with E-state index in [-0.39, 0.29) is 18.3 Å². The molecule has 0 radical (unpaired) electrons. The number of aryl methyl sites for hydroxylation is 1. The van der Waals surface area contributed by atoms with Gasteiger partial charge in [-0.25, -0.2) is 4.79 Å². The van der Waals surface area contributed by atoms with Crippen LogP contribution in [0.4, 0.5) is 5.00 Å². The van der Waals surface area contributed by atoms with Gasteiger partial charge in [0.2, 0.25) is 5.91 Å². The molecule has 0 aliphatic rings. The summed E-state index contributed by atoms with van der Waals surface area (Å²) < 4.78 is 7.00. The van der Waals surface area contributed by atoms with Gasteiger partial charge in [-0.3, -0.25) is 9.78 Å². The lowest BCUT2D eigenvalue weighted by molar-refractivity contribution is -0.113. The van der Waals surface area contributed by atoms with Crippen molar-refractivity contribution < 1.29 is 14.3 Å². The van der Waals surface area contributed by atoms with Crippen molar-refractivity contribution in [3.63, 3.8) is 0 Å². The van der Waals surface area contributed by atoms with E-state index in [2.05, 4.69) is 20.5 Å². The zero-order valence-electron chi connectivity index (χ0n) is 17.3. The van der Waals surface area contributed by atoms with Gasteiger partial charge in [0.15, 0.2) is 11.0 Å². The fourth-order valence-electron chi connectivity index (χ4n) is 2.99. The molecule has 3 aromatic rings. The van der Waals surface area contributed by atoms with E-state index in [9.17, 15) is 9.59 Å². The van der Waals surface area contributed by atoms with E-state index in [0.29, 0.717) is 28.0 Å². The molecule has 30 heavy (non-hydrogen) atoms. The summed E-state index contributed by atoms with van der Waals surface area (Å²) in [7, 11) is 1.84. The monoisotopic (exact) mass is 445 g/mol. The zero-order chi connectivity index (χ0) is 21.7. The Morgan fingerprint density at radius 2 is 2.10 bits per heavy atom. The van der Waals surface area contributed by atoms with Crippen molar-refractivity contribution >= 4 is 40.0 Å². The van der Waals surface area contributed by atoms with Crippen molar-refractivity contribution in [2.75, 3.05) is 17.7 Å². The van der Waals surface area contributed by atoms with Crippen molar-refractivity contribution in [1.82, 2.24) is 19.7 Å². The number of rotatable bonds is 8. The molecule has 0 bridgehead atoms. The van der Waals surface area contributed by atoms with E-state index in [1.165, 1.54) is 23.1 Å². The Morgan fingerprint density at radius 3 is 2.77 bits per heavy atom. The number of hydrogen-bond donors (Lipinski definition) is 1. The predicted octanol–water partition coefficient (Wildman–Crippen LogP) is 3.72. The Morgan fingerprint density at radius 1 is 1.30 bits per heavy atom. The van der Waals surface area contributed by atoms with Crippen molar-refractivity contribution in [3.05, 3.63) is 40.5 Å². The van der Waals surface area contributed by atoms with Crippen molar-refractivity contribution in [3.8, 4) is 11.4 Å². The highest BCUT2D eigenvalue weighted by Gasteiger charge is 2.23. The molecule has 0 aliphatic heterocycles. The van der Waals surface area contributed by atoms with Crippen molar-refractivity contribution in [1.29, 1.82) is 0 Å². The average molecular weight is 446 g/mol. The molecule has 0 saturated carbocycles. The van der Waals surface area contributed by atoms with Crippen LogP contribution in [0.3, 0.4) is 0 Å². The Kier molecular flexibility index (Phi) is 7.22. The molecule has 1 N–H and O–H groups in total. The van der Waals surface area contributed by atoms with Crippen molar-refractivity contribution in [2.45, 2.75) is 32.3 Å². The topological polar surface area (TPSA) is 99.0 Å². The van der Waals surface area contributed by atoms with Crippen LogP contribution in [0.1, 0.15) is 34.6 Å². The quantitative estimate of drug-likeness (QED) is 0.417. The normalized spacial score (nSPS) is 10.8. The van der Waals surface area contributed by atoms with Crippen LogP contribution >= 0.6 is 23.1 Å². The van der Waals surface area contributed by atoms with Crippen LogP contribution in [-0.2, 0) is 23.0 Å². The molecular weight excluding hydrogens is 422 g/mol. The van der Waals surface area contributed by atoms with Crippen LogP contribution in [0.5, 0.6) is 0 Å². The molecule has 0 atom stereocenters. The van der Waals surface area contributed by atoms with Crippen LogP contribution in [0.2, 0.25) is 0 Å². The number of amides is 1. The molecular formula is C20H23N5O3S2. The molecule has 8 nitrogen and oxygen atoms in total. The lowest BCUT2D eigenvalue weighted by atomic mass is 10.1. The van der Waals surface area contributed by atoms with Crippen LogP contribution in [0.25, 0.3) is 11.4 Å². The Balaban J connectivity index is 1.70. The Labute approximate surface area is 183 Å². The number of hydrogen-bond acceptors (Lipinski definition) is 8. The number of nitrogens with one attached hydrogen (secondary N) is 1. The molecule has 0 unspecified atom stereocenters. The summed E-state index contributed by atoms with van der Waals surface area (Å²) in [5.41, 5.74) is 2.22. The number of pyridine rings is 1. The SMILES string of the molecule is CCOC(=O)c1c(NC(=O)CSc2nnc(-c3cccnc3)n2C)sc(C)c1CC. The number of anilines is 1. The Hall–Kier alpha value is -2.72. The molecule has 0 aromatic carbocycles. The summed E-state index contributed by atoms with van der Waals surface area (Å²) in [6, 6.07) is 3.73. The number of carbonyl (C=O) groups is 2. The van der Waals surface area contributed by atoms with Gasteiger partial charge in [0.25, 0.3) is 0 Å². The molecule has 10 heteroatoms. The number of thiophene rings is 1. The number of esters is 1. The van der Waals surface area contributed by atoms with Gasteiger partial charge in [-0.2, -0.15) is 0 Å². The van der Waals surface area contributed by atoms with Crippen LogP contribution in [0.15, 0.2) is 29.7 Å². The summed E-state index contributed by atoms with van der Waals surface area (Å²) in [6.07, 6.45) is 4.10. The molecule has 3 rings (SSSR count). The Bertz CT molecular complexity index is 1050. The fraction of sp³-hybridized carbons (Fsp3) is 0.350. The number of thioether (sulfide) groups is 1. The fourth-order valence-corrected chi connectivity index (χ4v) is 4.85. The molecule has 1 amide bonds. The molecule has 3 heterocycles. The molecule has 0 aliphatic carbocycles. The first-order chi connectivity index (χ1) is 14.5. The van der Waals surface area contributed by atoms with Gasteiger partial charge < -0.3 is 14.6 Å². The minimum absolute atomic E-state index is 0.139. The largest absolute Gasteiger partial charge is 0.462 e. The maximum atomic E-state index is 12.6. The number of nitrogens with zero attached hydrogens (tertiary/aromatic N) is 4. The highest BCUT2D eigenvalue weighted by atomic mass is 32.2. The van der Waals surface area contributed by atoms with Crippen LogP contribution < -0.4 is 5.32 Å². The smallest absolute Gasteiger partial charge is 0.341 e. The second-order valence-corrected chi connectivity index (χ2v) is 8.53. The number of aromatic nitrogens is 4. The number of carbonyl (C=O) groups excluding carboxylic acids is 2. The molecule has 0 saturated heterocycles. The van der Waals surface area contributed by atoms with Gasteiger partial charge in [0.1, 0.15) is 5.00 Å². The summed E-state index contributed by atoms with van der Waals surface area (Å²) in [6.45, 7) is 5.97. The van der Waals surface area contributed by atoms with E-state index in [4.69, 9.17) is 4.74 Å². The van der Waals surface area contributed by atoms with Crippen LogP contribution in [-0.4, -0.2) is 44.0 Å². The van der Waals surface area contributed by atoms with Gasteiger partial charge in [-0.15, -0.1) is 21.5 Å². The van der Waals surface area contributed by atoms with E-state index in [0.717, 1.165) is 16.0 Å².